The molecule has 0 saturated carbocycles. The first-order chi connectivity index (χ1) is 16.3. The molecule has 3 aromatic rings. The quantitative estimate of drug-likeness (QED) is 0.440. The second-order valence-electron chi connectivity index (χ2n) is 8.02. The van der Waals surface area contributed by atoms with E-state index < -0.39 is 23.7 Å². The summed E-state index contributed by atoms with van der Waals surface area (Å²) in [6.45, 7) is 2.46. The average Bonchev–Trinajstić information content (AvgIpc) is 2.78. The van der Waals surface area contributed by atoms with Crippen LogP contribution in [-0.2, 0) is 6.54 Å². The molecule has 4 amide bonds. The Bertz CT molecular complexity index is 1220. The van der Waals surface area contributed by atoms with Gasteiger partial charge >= 0.3 is 12.1 Å². The van der Waals surface area contributed by atoms with Crippen molar-refractivity contribution in [2.24, 2.45) is 0 Å². The van der Waals surface area contributed by atoms with Gasteiger partial charge in [0.05, 0.1) is 17.9 Å². The number of anilines is 3. The standard InChI is InChI=1S/C25H23ClF2N4O2/c1-16-9-10-23(22(13-16)30-24(33)29-18-6-2-5-17(26)14-18)32-12-4-11-31(25(32)34)15-19-20(27)7-3-8-21(19)28/h2-3,5-10,13-14H,4,11-12,15H2,1H3,(H2,29,30,33). The first-order valence-corrected chi connectivity index (χ1v) is 11.1. The number of nitrogens with one attached hydrogen (secondary N) is 2. The molecule has 1 fully saturated rings. The van der Waals surface area contributed by atoms with E-state index in [0.29, 0.717) is 41.6 Å². The minimum atomic E-state index is -0.694. The predicted octanol–water partition coefficient (Wildman–Crippen LogP) is 6.40. The summed E-state index contributed by atoms with van der Waals surface area (Å²) in [7, 11) is 0. The van der Waals surface area contributed by atoms with Gasteiger partial charge in [0.2, 0.25) is 0 Å². The van der Waals surface area contributed by atoms with E-state index in [1.165, 1.54) is 28.0 Å². The van der Waals surface area contributed by atoms with Gasteiger partial charge in [-0.05, 0) is 61.4 Å². The molecule has 1 aliphatic rings. The normalized spacial score (nSPS) is 13.7. The third kappa shape index (κ3) is 5.28. The van der Waals surface area contributed by atoms with Crippen molar-refractivity contribution in [3.63, 3.8) is 0 Å². The summed E-state index contributed by atoms with van der Waals surface area (Å²) in [5.74, 6) is -1.39. The van der Waals surface area contributed by atoms with Crippen LogP contribution in [0.1, 0.15) is 17.5 Å². The van der Waals surface area contributed by atoms with Crippen LogP contribution in [0, 0.1) is 18.6 Å². The number of hydrogen-bond donors (Lipinski definition) is 2. The molecule has 1 heterocycles. The van der Waals surface area contributed by atoms with Crippen LogP contribution in [0.25, 0.3) is 0 Å². The highest BCUT2D eigenvalue weighted by Gasteiger charge is 2.30. The van der Waals surface area contributed by atoms with Crippen LogP contribution in [-0.4, -0.2) is 30.1 Å². The van der Waals surface area contributed by atoms with E-state index in [0.717, 1.165) is 5.56 Å². The SMILES string of the molecule is Cc1ccc(N2CCCN(Cc3c(F)cccc3F)C2=O)c(NC(=O)Nc2cccc(Cl)c2)c1. The molecule has 1 aliphatic heterocycles. The summed E-state index contributed by atoms with van der Waals surface area (Å²) in [5, 5.41) is 5.99. The van der Waals surface area contributed by atoms with Crippen molar-refractivity contribution in [1.29, 1.82) is 0 Å². The fourth-order valence-electron chi connectivity index (χ4n) is 3.86. The molecule has 3 aromatic carbocycles. The zero-order valence-electron chi connectivity index (χ0n) is 18.4. The van der Waals surface area contributed by atoms with E-state index in [2.05, 4.69) is 10.6 Å². The maximum absolute atomic E-state index is 14.2. The maximum Gasteiger partial charge on any atom is 0.324 e. The van der Waals surface area contributed by atoms with Crippen molar-refractivity contribution < 1.29 is 18.4 Å². The maximum atomic E-state index is 14.2. The van der Waals surface area contributed by atoms with Crippen LogP contribution in [0.2, 0.25) is 5.02 Å². The van der Waals surface area contributed by atoms with Gasteiger partial charge in [-0.25, -0.2) is 18.4 Å². The van der Waals surface area contributed by atoms with Crippen LogP contribution >= 0.6 is 11.6 Å². The van der Waals surface area contributed by atoms with Crippen molar-refractivity contribution in [1.82, 2.24) is 4.90 Å². The summed E-state index contributed by atoms with van der Waals surface area (Å²) in [4.78, 5) is 28.8. The van der Waals surface area contributed by atoms with Gasteiger partial charge < -0.3 is 15.5 Å². The number of aryl methyl sites for hydroxylation is 1. The van der Waals surface area contributed by atoms with Gasteiger partial charge in [0, 0.05) is 29.4 Å². The summed E-state index contributed by atoms with van der Waals surface area (Å²) in [6, 6.07) is 14.8. The molecular weight excluding hydrogens is 462 g/mol. The van der Waals surface area contributed by atoms with Crippen molar-refractivity contribution in [3.05, 3.63) is 88.4 Å². The number of amides is 4. The van der Waals surface area contributed by atoms with E-state index in [4.69, 9.17) is 11.6 Å². The van der Waals surface area contributed by atoms with E-state index >= 15 is 0 Å². The number of rotatable bonds is 5. The molecule has 0 aromatic heterocycles. The van der Waals surface area contributed by atoms with Crippen molar-refractivity contribution in [2.75, 3.05) is 28.6 Å². The van der Waals surface area contributed by atoms with E-state index in [1.54, 1.807) is 36.4 Å². The number of halogens is 3. The van der Waals surface area contributed by atoms with Gasteiger partial charge in [-0.1, -0.05) is 29.8 Å². The Balaban J connectivity index is 1.55. The minimum absolute atomic E-state index is 0.152. The first kappa shape index (κ1) is 23.5. The van der Waals surface area contributed by atoms with Crippen molar-refractivity contribution >= 4 is 40.7 Å². The Kier molecular flexibility index (Phi) is 6.98. The molecule has 6 nitrogen and oxygen atoms in total. The van der Waals surface area contributed by atoms with Crippen molar-refractivity contribution in [2.45, 2.75) is 19.9 Å². The second kappa shape index (κ2) is 10.1. The summed E-state index contributed by atoms with van der Waals surface area (Å²) >= 11 is 5.98. The molecule has 176 valence electrons. The molecule has 0 atom stereocenters. The van der Waals surface area contributed by atoms with Crippen LogP contribution in [0.15, 0.2) is 60.7 Å². The molecule has 4 rings (SSSR count). The minimum Gasteiger partial charge on any atom is -0.320 e. The monoisotopic (exact) mass is 484 g/mol. The summed E-state index contributed by atoms with van der Waals surface area (Å²) in [6.07, 6.45) is 0.601. The van der Waals surface area contributed by atoms with Gasteiger partial charge in [0.15, 0.2) is 0 Å². The number of benzene rings is 3. The highest BCUT2D eigenvalue weighted by atomic mass is 35.5. The fraction of sp³-hybridized carbons (Fsp3) is 0.200. The topological polar surface area (TPSA) is 64.7 Å². The van der Waals surface area contributed by atoms with Crippen LogP contribution in [0.3, 0.4) is 0 Å². The Labute approximate surface area is 201 Å². The Morgan fingerprint density at radius 2 is 1.74 bits per heavy atom. The fourth-order valence-corrected chi connectivity index (χ4v) is 4.05. The lowest BCUT2D eigenvalue weighted by Crippen LogP contribution is -2.49. The van der Waals surface area contributed by atoms with Gasteiger partial charge in [-0.2, -0.15) is 0 Å². The van der Waals surface area contributed by atoms with E-state index in [9.17, 15) is 18.4 Å². The van der Waals surface area contributed by atoms with Gasteiger partial charge in [-0.3, -0.25) is 4.90 Å². The average molecular weight is 485 g/mol. The number of carbonyl (C=O) groups is 2. The van der Waals surface area contributed by atoms with Crippen LogP contribution < -0.4 is 15.5 Å². The highest BCUT2D eigenvalue weighted by molar-refractivity contribution is 6.30. The Hall–Kier alpha value is -3.65. The first-order valence-electron chi connectivity index (χ1n) is 10.8. The molecule has 9 heteroatoms. The summed E-state index contributed by atoms with van der Waals surface area (Å²) in [5.41, 5.74) is 2.19. The molecule has 0 unspecified atom stereocenters. The molecular formula is C25H23ClF2N4O2. The van der Waals surface area contributed by atoms with E-state index in [1.807, 2.05) is 13.0 Å². The zero-order valence-corrected chi connectivity index (χ0v) is 19.2. The van der Waals surface area contributed by atoms with Crippen LogP contribution in [0.4, 0.5) is 35.4 Å². The number of hydrogen-bond acceptors (Lipinski definition) is 2. The number of urea groups is 2. The lowest BCUT2D eigenvalue weighted by Gasteiger charge is -2.36. The Morgan fingerprint density at radius 1 is 1.00 bits per heavy atom. The molecule has 0 bridgehead atoms. The van der Waals surface area contributed by atoms with Crippen LogP contribution in [0.5, 0.6) is 0 Å². The van der Waals surface area contributed by atoms with E-state index in [-0.39, 0.29) is 12.1 Å². The highest BCUT2D eigenvalue weighted by Crippen LogP contribution is 2.31. The number of carbonyl (C=O) groups excluding carboxylic acids is 2. The Morgan fingerprint density at radius 3 is 2.47 bits per heavy atom. The van der Waals surface area contributed by atoms with Gasteiger partial charge in [-0.15, -0.1) is 0 Å². The molecule has 0 aliphatic carbocycles. The zero-order chi connectivity index (χ0) is 24.2. The predicted molar refractivity (Wildman–Crippen MR) is 129 cm³/mol. The molecule has 2 N–H and O–H groups in total. The largest absolute Gasteiger partial charge is 0.324 e. The smallest absolute Gasteiger partial charge is 0.320 e. The third-order valence-corrected chi connectivity index (χ3v) is 5.73. The third-order valence-electron chi connectivity index (χ3n) is 5.50. The molecule has 34 heavy (non-hydrogen) atoms. The van der Waals surface area contributed by atoms with Crippen molar-refractivity contribution in [3.8, 4) is 0 Å². The van der Waals surface area contributed by atoms with Gasteiger partial charge in [0.25, 0.3) is 0 Å². The lowest BCUT2D eigenvalue weighted by atomic mass is 10.1. The lowest BCUT2D eigenvalue weighted by molar-refractivity contribution is 0.191. The molecule has 1 saturated heterocycles. The van der Waals surface area contributed by atoms with Gasteiger partial charge in [0.1, 0.15) is 11.6 Å². The second-order valence-corrected chi connectivity index (χ2v) is 8.46. The number of nitrogens with zero attached hydrogens (tertiary/aromatic N) is 2. The molecule has 0 radical (unpaired) electrons. The molecule has 0 spiro atoms. The summed E-state index contributed by atoms with van der Waals surface area (Å²) < 4.78 is 28.3.